The van der Waals surface area contributed by atoms with Crippen LogP contribution in [-0.2, 0) is 14.4 Å². The molecule has 0 aliphatic carbocycles. The van der Waals surface area contributed by atoms with E-state index in [1.807, 2.05) is 6.92 Å². The van der Waals surface area contributed by atoms with Gasteiger partial charge < -0.3 is 20.1 Å². The molecular weight excluding hydrogens is 400 g/mol. The SMILES string of the molecule is CCOc1ccc(NC(=O)COc2ccc(/C=N\NC(=O)C(=O)NC(C)C)cc2)cc1. The van der Waals surface area contributed by atoms with Crippen molar-refractivity contribution in [1.29, 1.82) is 0 Å². The summed E-state index contributed by atoms with van der Waals surface area (Å²) in [6, 6.07) is 13.6. The van der Waals surface area contributed by atoms with Gasteiger partial charge in [0.2, 0.25) is 0 Å². The molecule has 0 atom stereocenters. The molecule has 0 aliphatic heterocycles. The minimum absolute atomic E-state index is 0.141. The van der Waals surface area contributed by atoms with E-state index in [-0.39, 0.29) is 18.6 Å². The number of carbonyl (C=O) groups excluding carboxylic acids is 3. The Hall–Kier alpha value is -3.88. The minimum atomic E-state index is -0.844. The molecular formula is C22H26N4O5. The normalized spacial score (nSPS) is 10.6. The third-order valence-electron chi connectivity index (χ3n) is 3.70. The van der Waals surface area contributed by atoms with Crippen molar-refractivity contribution in [2.24, 2.45) is 5.10 Å². The number of amides is 3. The maximum absolute atomic E-state index is 12.0. The number of nitrogens with zero attached hydrogens (tertiary/aromatic N) is 1. The summed E-state index contributed by atoms with van der Waals surface area (Å²) in [5.74, 6) is -0.654. The molecule has 9 heteroatoms. The number of hydrogen-bond acceptors (Lipinski definition) is 6. The largest absolute Gasteiger partial charge is 0.494 e. The monoisotopic (exact) mass is 426 g/mol. The predicted molar refractivity (Wildman–Crippen MR) is 117 cm³/mol. The number of rotatable bonds is 9. The minimum Gasteiger partial charge on any atom is -0.494 e. The van der Waals surface area contributed by atoms with E-state index in [0.29, 0.717) is 23.6 Å². The predicted octanol–water partition coefficient (Wildman–Crippen LogP) is 2.08. The first-order chi connectivity index (χ1) is 14.9. The first-order valence-corrected chi connectivity index (χ1v) is 9.77. The van der Waals surface area contributed by atoms with Crippen LogP contribution in [0.25, 0.3) is 0 Å². The lowest BCUT2D eigenvalue weighted by molar-refractivity contribution is -0.139. The standard InChI is InChI=1S/C22H26N4O5/c1-4-30-18-11-7-17(8-12-18)25-20(27)14-31-19-9-5-16(6-10-19)13-23-26-22(29)21(28)24-15(2)3/h5-13,15H,4,14H2,1-3H3,(H,24,28)(H,25,27)(H,26,29)/b23-13-. The van der Waals surface area contributed by atoms with Gasteiger partial charge >= 0.3 is 11.8 Å². The highest BCUT2D eigenvalue weighted by molar-refractivity contribution is 6.35. The summed E-state index contributed by atoms with van der Waals surface area (Å²) in [5.41, 5.74) is 3.47. The first-order valence-electron chi connectivity index (χ1n) is 9.77. The van der Waals surface area contributed by atoms with Gasteiger partial charge in [-0.15, -0.1) is 0 Å². The highest BCUT2D eigenvalue weighted by Gasteiger charge is 2.12. The van der Waals surface area contributed by atoms with Crippen LogP contribution in [0.15, 0.2) is 53.6 Å². The van der Waals surface area contributed by atoms with Gasteiger partial charge in [-0.25, -0.2) is 5.43 Å². The summed E-state index contributed by atoms with van der Waals surface area (Å²) in [7, 11) is 0. The van der Waals surface area contributed by atoms with Gasteiger partial charge in [-0.2, -0.15) is 5.10 Å². The Kier molecular flexibility index (Phi) is 9.03. The van der Waals surface area contributed by atoms with Crippen molar-refractivity contribution in [3.63, 3.8) is 0 Å². The average Bonchev–Trinajstić information content (AvgIpc) is 2.74. The molecule has 0 aromatic heterocycles. The zero-order chi connectivity index (χ0) is 22.6. The summed E-state index contributed by atoms with van der Waals surface area (Å²) in [6.07, 6.45) is 1.39. The van der Waals surface area contributed by atoms with Crippen molar-refractivity contribution in [2.45, 2.75) is 26.8 Å². The quantitative estimate of drug-likeness (QED) is 0.322. The molecule has 0 saturated heterocycles. The topological polar surface area (TPSA) is 118 Å². The second-order valence-electron chi connectivity index (χ2n) is 6.69. The molecule has 0 fully saturated rings. The van der Waals surface area contributed by atoms with Crippen LogP contribution in [0.4, 0.5) is 5.69 Å². The van der Waals surface area contributed by atoms with Crippen molar-refractivity contribution >= 4 is 29.6 Å². The number of carbonyl (C=O) groups is 3. The Bertz CT molecular complexity index is 909. The summed E-state index contributed by atoms with van der Waals surface area (Å²) in [6.45, 7) is 5.83. The van der Waals surface area contributed by atoms with Crippen LogP contribution in [0.3, 0.4) is 0 Å². The summed E-state index contributed by atoms with van der Waals surface area (Å²) in [4.78, 5) is 35.0. The second-order valence-corrected chi connectivity index (χ2v) is 6.69. The smallest absolute Gasteiger partial charge is 0.329 e. The third-order valence-corrected chi connectivity index (χ3v) is 3.70. The van der Waals surface area contributed by atoms with Crippen LogP contribution >= 0.6 is 0 Å². The molecule has 0 aliphatic rings. The Morgan fingerprint density at radius 2 is 1.55 bits per heavy atom. The number of ether oxygens (including phenoxy) is 2. The highest BCUT2D eigenvalue weighted by Crippen LogP contribution is 2.16. The first kappa shape index (κ1) is 23.4. The highest BCUT2D eigenvalue weighted by atomic mass is 16.5. The Morgan fingerprint density at radius 3 is 2.16 bits per heavy atom. The van der Waals surface area contributed by atoms with E-state index in [4.69, 9.17) is 9.47 Å². The Balaban J connectivity index is 1.76. The van der Waals surface area contributed by atoms with Gasteiger partial charge in [0.05, 0.1) is 12.8 Å². The Morgan fingerprint density at radius 1 is 0.935 bits per heavy atom. The van der Waals surface area contributed by atoms with E-state index < -0.39 is 11.8 Å². The second kappa shape index (κ2) is 12.0. The maximum Gasteiger partial charge on any atom is 0.329 e. The van der Waals surface area contributed by atoms with E-state index in [1.165, 1.54) is 6.21 Å². The average molecular weight is 426 g/mol. The molecule has 164 valence electrons. The lowest BCUT2D eigenvalue weighted by Gasteiger charge is -2.09. The molecule has 2 rings (SSSR count). The lowest BCUT2D eigenvalue weighted by atomic mass is 10.2. The molecule has 2 aromatic rings. The summed E-state index contributed by atoms with van der Waals surface area (Å²) in [5, 5.41) is 8.94. The fraction of sp³-hybridized carbons (Fsp3) is 0.273. The molecule has 0 bridgehead atoms. The fourth-order valence-electron chi connectivity index (χ4n) is 2.34. The van der Waals surface area contributed by atoms with Crippen molar-refractivity contribution in [1.82, 2.24) is 10.7 Å². The van der Waals surface area contributed by atoms with E-state index in [2.05, 4.69) is 21.2 Å². The van der Waals surface area contributed by atoms with Crippen LogP contribution < -0.4 is 25.5 Å². The summed E-state index contributed by atoms with van der Waals surface area (Å²) < 4.78 is 10.8. The molecule has 3 N–H and O–H groups in total. The van der Waals surface area contributed by atoms with Crippen molar-refractivity contribution in [3.8, 4) is 11.5 Å². The van der Waals surface area contributed by atoms with E-state index >= 15 is 0 Å². The zero-order valence-corrected chi connectivity index (χ0v) is 17.7. The van der Waals surface area contributed by atoms with Crippen LogP contribution in [0.1, 0.15) is 26.3 Å². The lowest BCUT2D eigenvalue weighted by Crippen LogP contribution is -2.41. The third kappa shape index (κ3) is 8.57. The maximum atomic E-state index is 12.0. The number of hydrazone groups is 1. The van der Waals surface area contributed by atoms with Crippen molar-refractivity contribution in [2.75, 3.05) is 18.5 Å². The van der Waals surface area contributed by atoms with Crippen molar-refractivity contribution < 1.29 is 23.9 Å². The van der Waals surface area contributed by atoms with E-state index in [0.717, 1.165) is 5.75 Å². The molecule has 0 saturated carbocycles. The van der Waals surface area contributed by atoms with Crippen LogP contribution in [0.5, 0.6) is 11.5 Å². The number of nitrogens with one attached hydrogen (secondary N) is 3. The van der Waals surface area contributed by atoms with Gasteiger partial charge in [0.25, 0.3) is 5.91 Å². The van der Waals surface area contributed by atoms with Gasteiger partial charge in [-0.1, -0.05) is 0 Å². The van der Waals surface area contributed by atoms with Crippen molar-refractivity contribution in [3.05, 3.63) is 54.1 Å². The van der Waals surface area contributed by atoms with Crippen LogP contribution in [0, 0.1) is 0 Å². The van der Waals surface area contributed by atoms with Gasteiger partial charge in [-0.05, 0) is 74.9 Å². The number of anilines is 1. The molecule has 0 spiro atoms. The van der Waals surface area contributed by atoms with Crippen LogP contribution in [0.2, 0.25) is 0 Å². The molecule has 0 heterocycles. The van der Waals surface area contributed by atoms with Crippen LogP contribution in [-0.4, -0.2) is 43.2 Å². The van der Waals surface area contributed by atoms with Gasteiger partial charge in [0.1, 0.15) is 11.5 Å². The molecule has 0 radical (unpaired) electrons. The molecule has 9 nitrogen and oxygen atoms in total. The Labute approximate surface area is 180 Å². The number of benzene rings is 2. The van der Waals surface area contributed by atoms with Gasteiger partial charge in [0, 0.05) is 11.7 Å². The zero-order valence-electron chi connectivity index (χ0n) is 17.7. The fourth-order valence-corrected chi connectivity index (χ4v) is 2.34. The summed E-state index contributed by atoms with van der Waals surface area (Å²) >= 11 is 0. The molecule has 31 heavy (non-hydrogen) atoms. The number of hydrogen-bond donors (Lipinski definition) is 3. The molecule has 3 amide bonds. The van der Waals surface area contributed by atoms with Gasteiger partial charge in [0.15, 0.2) is 6.61 Å². The van der Waals surface area contributed by atoms with E-state index in [9.17, 15) is 14.4 Å². The molecule has 0 unspecified atom stereocenters. The van der Waals surface area contributed by atoms with E-state index in [1.54, 1.807) is 62.4 Å². The van der Waals surface area contributed by atoms with Gasteiger partial charge in [-0.3, -0.25) is 14.4 Å². The molecule has 2 aromatic carbocycles.